The van der Waals surface area contributed by atoms with Crippen LogP contribution in [-0.4, -0.2) is 92.1 Å². The molecule has 164 valence electrons. The van der Waals surface area contributed by atoms with Crippen molar-refractivity contribution in [1.29, 1.82) is 0 Å². The molecule has 0 aliphatic carbocycles. The van der Waals surface area contributed by atoms with Gasteiger partial charge < -0.3 is 30.6 Å². The molecule has 0 aliphatic rings. The van der Waals surface area contributed by atoms with Crippen molar-refractivity contribution in [1.82, 2.24) is 0 Å². The average molecular weight is 428 g/mol. The number of hydrogen-bond donors (Lipinski definition) is 6. The summed E-state index contributed by atoms with van der Waals surface area (Å²) in [6, 6.07) is 0. The third-order valence-corrected chi connectivity index (χ3v) is 1.48. The molecule has 0 fully saturated rings. The lowest BCUT2D eigenvalue weighted by Crippen LogP contribution is -2.24. The van der Waals surface area contributed by atoms with Crippen LogP contribution in [-0.2, 0) is 28.8 Å². The Kier molecular flexibility index (Phi) is 22.9. The zero-order valence-electron chi connectivity index (χ0n) is 13.6. The number of aliphatic carboxylic acids is 6. The molecule has 0 bridgehead atoms. The van der Waals surface area contributed by atoms with Gasteiger partial charge in [-0.3, -0.25) is 14.0 Å². The van der Waals surface area contributed by atoms with Crippen LogP contribution in [0.1, 0.15) is 12.8 Å². The average Bonchev–Trinajstić information content (AvgIpc) is 2.54. The largest absolute Gasteiger partial charge is 0.481 e. The Morgan fingerprint density at radius 3 is 1.04 bits per heavy atom. The first-order chi connectivity index (χ1) is 12.6. The minimum Gasteiger partial charge on any atom is -0.481 e. The van der Waals surface area contributed by atoms with Gasteiger partial charge in [0, 0.05) is 0 Å². The van der Waals surface area contributed by atoms with Crippen LogP contribution in [0.15, 0.2) is 0 Å². The van der Waals surface area contributed by atoms with Gasteiger partial charge in [-0.05, 0) is 0 Å². The van der Waals surface area contributed by atoms with E-state index in [4.69, 9.17) is 35.4 Å². The second kappa shape index (κ2) is 19.9. The number of carbonyl (C=O) groups is 6. The summed E-state index contributed by atoms with van der Waals surface area (Å²) >= 11 is 0. The van der Waals surface area contributed by atoms with Crippen molar-refractivity contribution < 1.29 is 77.0 Å². The smallest absolute Gasteiger partial charge is 0.350 e. The summed E-state index contributed by atoms with van der Waals surface area (Å²) < 4.78 is 44.6. The van der Waals surface area contributed by atoms with Gasteiger partial charge in [0.05, 0.1) is 19.5 Å². The van der Waals surface area contributed by atoms with Crippen LogP contribution in [0.5, 0.6) is 0 Å². The normalized spacial score (nSPS) is 9.75. The van der Waals surface area contributed by atoms with E-state index in [-0.39, 0.29) is 6.42 Å². The molecule has 0 saturated heterocycles. The Hall–Kier alpha value is -3.46. The summed E-state index contributed by atoms with van der Waals surface area (Å²) in [6.45, 7) is -2.05. The van der Waals surface area contributed by atoms with Crippen molar-refractivity contribution in [3.63, 3.8) is 0 Å². The molecule has 0 aromatic rings. The number of carboxylic acids is 6. The van der Waals surface area contributed by atoms with Crippen molar-refractivity contribution in [3.8, 4) is 0 Å². The summed E-state index contributed by atoms with van der Waals surface area (Å²) in [5, 5.41) is 45.8. The van der Waals surface area contributed by atoms with E-state index in [1.165, 1.54) is 0 Å². The molecule has 28 heavy (non-hydrogen) atoms. The summed E-state index contributed by atoms with van der Waals surface area (Å²) in [7, 11) is 0. The van der Waals surface area contributed by atoms with Gasteiger partial charge in [0.15, 0.2) is 6.67 Å². The number of hydrogen-bond acceptors (Lipinski definition) is 6. The number of carboxylic acid groups (broad SMARTS) is 6. The summed E-state index contributed by atoms with van der Waals surface area (Å²) in [5.74, 6) is -9.64. The van der Waals surface area contributed by atoms with Crippen molar-refractivity contribution >= 4 is 35.8 Å². The minimum atomic E-state index is -2.80. The molecule has 0 spiro atoms. The Morgan fingerprint density at radius 1 is 0.643 bits per heavy atom. The maximum Gasteiger partial charge on any atom is 0.350 e. The van der Waals surface area contributed by atoms with Crippen LogP contribution < -0.4 is 0 Å². The van der Waals surface area contributed by atoms with Gasteiger partial charge in [-0.1, -0.05) is 0 Å². The standard InChI is InChI=1S/C4H5FO4.C3H3FO4.C3H5FO2.C2H3FO2/c5-2(4(8)9)1-3(6)7;4-1(2(5)6)3(7)8;4-2-1-3(5)6;3-1-2(4)5/h2H,1H2,(H,6,7)(H,8,9);1H,(H,5,6)(H,7,8);1-2H2,(H,5,6);1H2,(H,4,5). The van der Waals surface area contributed by atoms with Gasteiger partial charge in [0.1, 0.15) is 0 Å². The first-order valence-corrected chi connectivity index (χ1v) is 6.37. The fourth-order valence-corrected chi connectivity index (χ4v) is 0.427. The summed E-state index contributed by atoms with van der Waals surface area (Å²) in [6.07, 6.45) is -6.44. The molecule has 0 aliphatic heterocycles. The molecule has 1 atom stereocenters. The minimum absolute atomic E-state index is 0.375. The van der Waals surface area contributed by atoms with Gasteiger partial charge in [-0.15, -0.1) is 0 Å². The van der Waals surface area contributed by atoms with E-state index in [1.54, 1.807) is 0 Å². The quantitative estimate of drug-likeness (QED) is 0.219. The number of alkyl halides is 4. The molecule has 12 nitrogen and oxygen atoms in total. The highest BCUT2D eigenvalue weighted by molar-refractivity contribution is 5.95. The van der Waals surface area contributed by atoms with Crippen LogP contribution in [0.4, 0.5) is 17.6 Å². The zero-order chi connectivity index (χ0) is 23.4. The molecule has 6 N–H and O–H groups in total. The predicted octanol–water partition coefficient (Wildman–Crippen LogP) is -0.151. The lowest BCUT2D eigenvalue weighted by Gasteiger charge is -1.94. The Balaban J connectivity index is -0.000000141. The first-order valence-electron chi connectivity index (χ1n) is 6.37. The Bertz CT molecular complexity index is 511. The summed E-state index contributed by atoms with van der Waals surface area (Å²) in [5.41, 5.74) is 0. The zero-order valence-corrected chi connectivity index (χ0v) is 13.6. The maximum absolute atomic E-state index is 11.8. The topological polar surface area (TPSA) is 224 Å². The van der Waals surface area contributed by atoms with Gasteiger partial charge in [-0.2, -0.15) is 0 Å². The molecule has 0 radical (unpaired) electrons. The van der Waals surface area contributed by atoms with Crippen LogP contribution in [0.3, 0.4) is 0 Å². The van der Waals surface area contributed by atoms with E-state index in [9.17, 15) is 41.5 Å². The number of halogens is 4. The molecular weight excluding hydrogens is 412 g/mol. The van der Waals surface area contributed by atoms with Crippen molar-refractivity contribution in [2.45, 2.75) is 25.2 Å². The van der Waals surface area contributed by atoms with Crippen LogP contribution in [0, 0.1) is 0 Å². The van der Waals surface area contributed by atoms with E-state index in [1.807, 2.05) is 0 Å². The maximum atomic E-state index is 11.8. The van der Waals surface area contributed by atoms with Crippen molar-refractivity contribution in [2.75, 3.05) is 13.3 Å². The lowest BCUT2D eigenvalue weighted by atomic mass is 10.3. The first kappa shape index (κ1) is 32.2. The summed E-state index contributed by atoms with van der Waals surface area (Å²) in [4.78, 5) is 56.3. The van der Waals surface area contributed by atoms with Gasteiger partial charge >= 0.3 is 35.8 Å². The Morgan fingerprint density at radius 2 is 1.00 bits per heavy atom. The monoisotopic (exact) mass is 428 g/mol. The highest BCUT2D eigenvalue weighted by Gasteiger charge is 2.23. The fourth-order valence-electron chi connectivity index (χ4n) is 0.427. The van der Waals surface area contributed by atoms with E-state index in [0.29, 0.717) is 0 Å². The Labute approximate surface area is 152 Å². The third-order valence-electron chi connectivity index (χ3n) is 1.48. The van der Waals surface area contributed by atoms with Crippen molar-refractivity contribution in [2.24, 2.45) is 0 Å². The van der Waals surface area contributed by atoms with Crippen molar-refractivity contribution in [3.05, 3.63) is 0 Å². The van der Waals surface area contributed by atoms with Gasteiger partial charge in [0.25, 0.3) is 6.17 Å². The van der Waals surface area contributed by atoms with E-state index >= 15 is 0 Å². The molecule has 16 heteroatoms. The predicted molar refractivity (Wildman–Crippen MR) is 76.8 cm³/mol. The SMILES string of the molecule is O=C(O)C(F)C(=O)O.O=C(O)CC(F)C(=O)O.O=C(O)CCF.O=C(O)CF. The molecule has 0 amide bonds. The molecule has 0 rings (SSSR count). The highest BCUT2D eigenvalue weighted by Crippen LogP contribution is 1.96. The number of rotatable bonds is 8. The van der Waals surface area contributed by atoms with E-state index in [2.05, 4.69) is 0 Å². The molecule has 1 unspecified atom stereocenters. The van der Waals surface area contributed by atoms with Gasteiger partial charge in [-0.25, -0.2) is 32.3 Å². The molecular formula is C12H16F4O12. The van der Waals surface area contributed by atoms with E-state index in [0.717, 1.165) is 0 Å². The molecule has 0 aromatic carbocycles. The second-order valence-corrected chi connectivity index (χ2v) is 3.80. The van der Waals surface area contributed by atoms with Crippen LogP contribution in [0.2, 0.25) is 0 Å². The van der Waals surface area contributed by atoms with Crippen LogP contribution >= 0.6 is 0 Å². The van der Waals surface area contributed by atoms with E-state index < -0.39 is 67.9 Å². The molecule has 0 saturated carbocycles. The second-order valence-electron chi connectivity index (χ2n) is 3.80. The lowest BCUT2D eigenvalue weighted by molar-refractivity contribution is -0.156. The highest BCUT2D eigenvalue weighted by atomic mass is 19.1. The van der Waals surface area contributed by atoms with Gasteiger partial charge in [0.2, 0.25) is 6.17 Å². The third kappa shape index (κ3) is 34.0. The molecule has 0 aromatic heterocycles. The molecule has 0 heterocycles. The van der Waals surface area contributed by atoms with Crippen LogP contribution in [0.25, 0.3) is 0 Å². The fraction of sp³-hybridized carbons (Fsp3) is 0.500.